The van der Waals surface area contributed by atoms with E-state index in [9.17, 15) is 9.59 Å². The van der Waals surface area contributed by atoms with Gasteiger partial charge in [-0.1, -0.05) is 17.9 Å². The van der Waals surface area contributed by atoms with Gasteiger partial charge in [0.1, 0.15) is 6.04 Å². The average molecular weight is 271 g/mol. The summed E-state index contributed by atoms with van der Waals surface area (Å²) in [5, 5.41) is 2.76. The minimum absolute atomic E-state index is 0.0440. The fourth-order valence-corrected chi connectivity index (χ4v) is 2.09. The Morgan fingerprint density at radius 2 is 2.35 bits per heavy atom. The highest BCUT2D eigenvalue weighted by Crippen LogP contribution is 2.10. The van der Waals surface area contributed by atoms with Crippen LogP contribution >= 0.6 is 0 Å². The highest BCUT2D eigenvalue weighted by atomic mass is 16.2. The van der Waals surface area contributed by atoms with Gasteiger partial charge in [0.2, 0.25) is 5.91 Å². The molecule has 1 unspecified atom stereocenters. The minimum atomic E-state index is -0.425. The Morgan fingerprint density at radius 1 is 1.55 bits per heavy atom. The van der Waals surface area contributed by atoms with Crippen LogP contribution in [0.1, 0.15) is 22.3 Å². The third kappa shape index (κ3) is 3.16. The van der Waals surface area contributed by atoms with Crippen molar-refractivity contribution < 1.29 is 9.59 Å². The second kappa shape index (κ2) is 6.22. The first-order valence-electron chi connectivity index (χ1n) is 6.46. The van der Waals surface area contributed by atoms with Gasteiger partial charge in [0.05, 0.1) is 6.54 Å². The molecule has 0 radical (unpaired) electrons. The van der Waals surface area contributed by atoms with Gasteiger partial charge in [-0.05, 0) is 24.6 Å². The summed E-state index contributed by atoms with van der Waals surface area (Å²) in [6.07, 6.45) is 0.647. The lowest BCUT2D eigenvalue weighted by Gasteiger charge is -2.12. The Balaban J connectivity index is 2.08. The lowest BCUT2D eigenvalue weighted by molar-refractivity contribution is -0.128. The van der Waals surface area contributed by atoms with Crippen molar-refractivity contribution in [2.75, 3.05) is 20.1 Å². The quantitative estimate of drug-likeness (QED) is 0.741. The topological polar surface area (TPSA) is 75.4 Å². The maximum Gasteiger partial charge on any atom is 0.251 e. The van der Waals surface area contributed by atoms with Crippen LogP contribution in [-0.2, 0) is 4.79 Å². The van der Waals surface area contributed by atoms with Crippen LogP contribution in [-0.4, -0.2) is 42.9 Å². The lowest BCUT2D eigenvalue weighted by Crippen LogP contribution is -2.40. The van der Waals surface area contributed by atoms with Crippen LogP contribution in [0.25, 0.3) is 0 Å². The smallest absolute Gasteiger partial charge is 0.251 e. The standard InChI is InChI=1S/C15H17N3O2/c1-18-9-7-13(15(18)20)17-14(19)12-6-2-4-11(10-12)5-3-8-16/h2,4,6,10,13H,7-9,16H2,1H3,(H,17,19). The first-order valence-corrected chi connectivity index (χ1v) is 6.46. The molecular weight excluding hydrogens is 254 g/mol. The molecule has 2 rings (SSSR count). The Hall–Kier alpha value is -2.32. The Labute approximate surface area is 118 Å². The van der Waals surface area contributed by atoms with E-state index in [4.69, 9.17) is 5.73 Å². The number of hydrogen-bond donors (Lipinski definition) is 2. The summed E-state index contributed by atoms with van der Waals surface area (Å²) in [4.78, 5) is 25.5. The molecule has 5 heteroatoms. The summed E-state index contributed by atoms with van der Waals surface area (Å²) in [6.45, 7) is 0.950. The molecule has 1 aromatic rings. The van der Waals surface area contributed by atoms with Crippen molar-refractivity contribution >= 4 is 11.8 Å². The van der Waals surface area contributed by atoms with Crippen molar-refractivity contribution in [1.82, 2.24) is 10.2 Å². The Morgan fingerprint density at radius 3 is 3.00 bits per heavy atom. The lowest BCUT2D eigenvalue weighted by atomic mass is 10.1. The summed E-state index contributed by atoms with van der Waals surface area (Å²) in [5.41, 5.74) is 6.55. The number of nitrogens with two attached hydrogens (primary N) is 1. The van der Waals surface area contributed by atoms with E-state index in [0.29, 0.717) is 18.5 Å². The number of nitrogens with one attached hydrogen (secondary N) is 1. The highest BCUT2D eigenvalue weighted by Gasteiger charge is 2.30. The van der Waals surface area contributed by atoms with Gasteiger partial charge in [-0.15, -0.1) is 0 Å². The van der Waals surface area contributed by atoms with E-state index in [1.165, 1.54) is 0 Å². The van der Waals surface area contributed by atoms with E-state index >= 15 is 0 Å². The molecule has 0 saturated carbocycles. The number of carbonyl (C=O) groups is 2. The van der Waals surface area contributed by atoms with Crippen molar-refractivity contribution in [1.29, 1.82) is 0 Å². The van der Waals surface area contributed by atoms with E-state index in [2.05, 4.69) is 17.2 Å². The van der Waals surface area contributed by atoms with Crippen LogP contribution in [0.5, 0.6) is 0 Å². The van der Waals surface area contributed by atoms with Crippen LogP contribution in [0, 0.1) is 11.8 Å². The Kier molecular flexibility index (Phi) is 4.38. The Bertz CT molecular complexity index is 586. The summed E-state index contributed by atoms with van der Waals surface area (Å²) in [5.74, 6) is 5.32. The molecule has 1 atom stereocenters. The molecule has 3 N–H and O–H groups in total. The number of amides is 2. The monoisotopic (exact) mass is 271 g/mol. The van der Waals surface area contributed by atoms with Crippen molar-refractivity contribution in [2.24, 2.45) is 5.73 Å². The molecule has 2 amide bonds. The van der Waals surface area contributed by atoms with Gasteiger partial charge < -0.3 is 16.0 Å². The third-order valence-electron chi connectivity index (χ3n) is 3.19. The molecule has 0 bridgehead atoms. The van der Waals surface area contributed by atoms with E-state index in [1.54, 1.807) is 30.1 Å². The fourth-order valence-electron chi connectivity index (χ4n) is 2.09. The maximum absolute atomic E-state index is 12.1. The largest absolute Gasteiger partial charge is 0.344 e. The van der Waals surface area contributed by atoms with E-state index in [1.807, 2.05) is 6.07 Å². The first kappa shape index (κ1) is 14.1. The van der Waals surface area contributed by atoms with E-state index in [-0.39, 0.29) is 18.4 Å². The molecule has 1 aliphatic rings. The van der Waals surface area contributed by atoms with Gasteiger partial charge in [0.15, 0.2) is 0 Å². The molecule has 0 aromatic heterocycles. The zero-order chi connectivity index (χ0) is 14.5. The molecule has 104 valence electrons. The van der Waals surface area contributed by atoms with Crippen LogP contribution in [0.3, 0.4) is 0 Å². The first-order chi connectivity index (χ1) is 9.61. The highest BCUT2D eigenvalue weighted by molar-refractivity contribution is 5.98. The van der Waals surface area contributed by atoms with Crippen LogP contribution in [0.2, 0.25) is 0 Å². The van der Waals surface area contributed by atoms with E-state index in [0.717, 1.165) is 5.56 Å². The van der Waals surface area contributed by atoms with Gasteiger partial charge in [0.25, 0.3) is 5.91 Å². The van der Waals surface area contributed by atoms with Crippen molar-refractivity contribution in [3.8, 4) is 11.8 Å². The van der Waals surface area contributed by atoms with Gasteiger partial charge in [0, 0.05) is 24.7 Å². The fraction of sp³-hybridized carbons (Fsp3) is 0.333. The number of nitrogens with zero attached hydrogens (tertiary/aromatic N) is 1. The number of rotatable bonds is 2. The second-order valence-corrected chi connectivity index (χ2v) is 4.66. The summed E-state index contributed by atoms with van der Waals surface area (Å²) >= 11 is 0. The number of hydrogen-bond acceptors (Lipinski definition) is 3. The summed E-state index contributed by atoms with van der Waals surface area (Å²) in [7, 11) is 1.73. The van der Waals surface area contributed by atoms with Crippen LogP contribution in [0.15, 0.2) is 24.3 Å². The minimum Gasteiger partial charge on any atom is -0.344 e. The number of benzene rings is 1. The zero-order valence-corrected chi connectivity index (χ0v) is 11.3. The van der Waals surface area contributed by atoms with Gasteiger partial charge in [-0.25, -0.2) is 0 Å². The SMILES string of the molecule is CN1CCC(NC(=O)c2cccc(C#CCN)c2)C1=O. The molecule has 1 aromatic carbocycles. The van der Waals surface area contributed by atoms with Crippen molar-refractivity contribution in [3.05, 3.63) is 35.4 Å². The molecular formula is C15H17N3O2. The molecule has 0 aliphatic carbocycles. The normalized spacial score (nSPS) is 17.6. The van der Waals surface area contributed by atoms with Crippen molar-refractivity contribution in [3.63, 3.8) is 0 Å². The second-order valence-electron chi connectivity index (χ2n) is 4.66. The number of likely N-dealkylation sites (tertiary alicyclic amines) is 1. The third-order valence-corrected chi connectivity index (χ3v) is 3.19. The van der Waals surface area contributed by atoms with Crippen LogP contribution in [0.4, 0.5) is 0 Å². The molecule has 0 spiro atoms. The molecule has 5 nitrogen and oxygen atoms in total. The van der Waals surface area contributed by atoms with Crippen LogP contribution < -0.4 is 11.1 Å². The number of likely N-dealkylation sites (N-methyl/N-ethyl adjacent to an activating group) is 1. The van der Waals surface area contributed by atoms with Gasteiger partial charge in [-0.3, -0.25) is 9.59 Å². The molecule has 1 heterocycles. The summed E-state index contributed by atoms with van der Waals surface area (Å²) in [6, 6.07) is 6.55. The maximum atomic E-state index is 12.1. The molecule has 1 aliphatic heterocycles. The zero-order valence-electron chi connectivity index (χ0n) is 11.3. The molecule has 1 fully saturated rings. The van der Waals surface area contributed by atoms with Crippen molar-refractivity contribution in [2.45, 2.75) is 12.5 Å². The van der Waals surface area contributed by atoms with Gasteiger partial charge in [-0.2, -0.15) is 0 Å². The predicted octanol–water partition coefficient (Wildman–Crippen LogP) is -0.0427. The van der Waals surface area contributed by atoms with E-state index < -0.39 is 6.04 Å². The molecule has 1 saturated heterocycles. The average Bonchev–Trinajstić information content (AvgIpc) is 2.77. The molecule has 20 heavy (non-hydrogen) atoms. The summed E-state index contributed by atoms with van der Waals surface area (Å²) < 4.78 is 0. The van der Waals surface area contributed by atoms with Gasteiger partial charge >= 0.3 is 0 Å². The number of carbonyl (C=O) groups excluding carboxylic acids is 2. The predicted molar refractivity (Wildman–Crippen MR) is 75.9 cm³/mol.